The first-order valence-corrected chi connectivity index (χ1v) is 11.4. The summed E-state index contributed by atoms with van der Waals surface area (Å²) in [5, 5.41) is 10.6. The lowest BCUT2D eigenvalue weighted by Gasteiger charge is -2.36. The Morgan fingerprint density at radius 2 is 1.65 bits per heavy atom. The van der Waals surface area contributed by atoms with Gasteiger partial charge in [0.2, 0.25) is 0 Å². The summed E-state index contributed by atoms with van der Waals surface area (Å²) in [7, 11) is 0. The van der Waals surface area contributed by atoms with Gasteiger partial charge >= 0.3 is 0 Å². The van der Waals surface area contributed by atoms with Crippen molar-refractivity contribution >= 4 is 34.3 Å². The fraction of sp³-hybridized carbons (Fsp3) is 0.179. The highest BCUT2D eigenvalue weighted by Gasteiger charge is 2.19. The highest BCUT2D eigenvalue weighted by Crippen LogP contribution is 2.34. The van der Waals surface area contributed by atoms with E-state index in [9.17, 15) is 5.26 Å². The SMILES string of the molecule is N#Cc1c(N)nc2ccc(N3CCN(Cc4ccccc4)CC3)cc2c1/N=C/c1ccccc1. The molecule has 1 saturated heterocycles. The number of hydrogen-bond acceptors (Lipinski definition) is 6. The van der Waals surface area contributed by atoms with E-state index in [2.05, 4.69) is 68.3 Å². The van der Waals surface area contributed by atoms with Crippen molar-refractivity contribution in [3.8, 4) is 6.07 Å². The lowest BCUT2D eigenvalue weighted by atomic mass is 10.1. The van der Waals surface area contributed by atoms with Crippen LogP contribution in [0.15, 0.2) is 83.9 Å². The number of pyridine rings is 1. The third-order valence-corrected chi connectivity index (χ3v) is 6.21. The minimum atomic E-state index is 0.206. The van der Waals surface area contributed by atoms with Crippen LogP contribution in [-0.2, 0) is 6.54 Å². The molecule has 168 valence electrons. The largest absolute Gasteiger partial charge is 0.383 e. The van der Waals surface area contributed by atoms with Crippen LogP contribution in [0.1, 0.15) is 16.7 Å². The van der Waals surface area contributed by atoms with E-state index >= 15 is 0 Å². The first-order valence-electron chi connectivity index (χ1n) is 11.4. The zero-order chi connectivity index (χ0) is 23.3. The highest BCUT2D eigenvalue weighted by molar-refractivity contribution is 5.99. The molecule has 1 aromatic heterocycles. The molecule has 4 aromatic rings. The summed E-state index contributed by atoms with van der Waals surface area (Å²) in [6.45, 7) is 4.84. The molecule has 3 aromatic carbocycles. The summed E-state index contributed by atoms with van der Waals surface area (Å²) in [5.41, 5.74) is 11.1. The molecule has 5 rings (SSSR count). The van der Waals surface area contributed by atoms with Gasteiger partial charge < -0.3 is 10.6 Å². The van der Waals surface area contributed by atoms with E-state index in [4.69, 9.17) is 5.73 Å². The highest BCUT2D eigenvalue weighted by atomic mass is 15.3. The Bertz CT molecular complexity index is 1350. The Balaban J connectivity index is 1.42. The van der Waals surface area contributed by atoms with Crippen molar-refractivity contribution in [2.24, 2.45) is 4.99 Å². The van der Waals surface area contributed by atoms with Crippen LogP contribution < -0.4 is 10.6 Å². The number of hydrogen-bond donors (Lipinski definition) is 1. The van der Waals surface area contributed by atoms with E-state index in [1.165, 1.54) is 5.56 Å². The Morgan fingerprint density at radius 3 is 2.35 bits per heavy atom. The second-order valence-electron chi connectivity index (χ2n) is 8.45. The molecule has 6 heteroatoms. The molecule has 0 bridgehead atoms. The smallest absolute Gasteiger partial charge is 0.144 e. The van der Waals surface area contributed by atoms with Gasteiger partial charge in [-0.25, -0.2) is 4.98 Å². The van der Waals surface area contributed by atoms with Crippen molar-refractivity contribution < 1.29 is 0 Å². The van der Waals surface area contributed by atoms with E-state index in [0.29, 0.717) is 11.3 Å². The average molecular weight is 447 g/mol. The zero-order valence-electron chi connectivity index (χ0n) is 18.9. The zero-order valence-corrected chi connectivity index (χ0v) is 18.9. The maximum absolute atomic E-state index is 9.76. The molecule has 0 amide bonds. The van der Waals surface area contributed by atoms with Gasteiger partial charge in [0.05, 0.1) is 11.2 Å². The van der Waals surface area contributed by atoms with E-state index in [0.717, 1.165) is 54.9 Å². The van der Waals surface area contributed by atoms with Gasteiger partial charge in [0.1, 0.15) is 17.5 Å². The van der Waals surface area contributed by atoms with Crippen molar-refractivity contribution in [1.82, 2.24) is 9.88 Å². The summed E-state index contributed by atoms with van der Waals surface area (Å²) in [4.78, 5) is 14.0. The minimum absolute atomic E-state index is 0.206. The Morgan fingerprint density at radius 1 is 0.941 bits per heavy atom. The average Bonchev–Trinajstić information content (AvgIpc) is 2.88. The summed E-state index contributed by atoms with van der Waals surface area (Å²) in [6, 6.07) is 28.8. The number of piperazine rings is 1. The number of rotatable bonds is 5. The molecule has 1 aliphatic rings. The molecule has 2 N–H and O–H groups in total. The normalized spacial score (nSPS) is 14.5. The van der Waals surface area contributed by atoms with Crippen LogP contribution in [0.2, 0.25) is 0 Å². The Labute approximate surface area is 199 Å². The second kappa shape index (κ2) is 9.74. The fourth-order valence-electron chi connectivity index (χ4n) is 4.38. The van der Waals surface area contributed by atoms with E-state index in [1.54, 1.807) is 6.21 Å². The molecule has 1 aliphatic heterocycles. The van der Waals surface area contributed by atoms with Gasteiger partial charge in [0.25, 0.3) is 0 Å². The first kappa shape index (κ1) is 21.6. The van der Waals surface area contributed by atoms with Crippen LogP contribution in [-0.4, -0.2) is 42.3 Å². The topological polar surface area (TPSA) is 81.5 Å². The standard InChI is InChI=1S/C28H26N6/c29-18-25-27(31-19-21-7-3-1-4-8-21)24-17-23(11-12-26(24)32-28(25)30)34-15-13-33(14-16-34)20-22-9-5-2-6-10-22/h1-12,17,19H,13-16,20H2,(H2,30,32)/b31-19+. The quantitative estimate of drug-likeness (QED) is 0.447. The van der Waals surface area contributed by atoms with E-state index in [1.807, 2.05) is 36.4 Å². The van der Waals surface area contributed by atoms with Crippen molar-refractivity contribution in [2.75, 3.05) is 36.8 Å². The predicted octanol–water partition coefficient (Wildman–Crippen LogP) is 4.76. The van der Waals surface area contributed by atoms with Crippen LogP contribution in [0.25, 0.3) is 10.9 Å². The van der Waals surface area contributed by atoms with Crippen LogP contribution in [0, 0.1) is 11.3 Å². The number of nitrogens with zero attached hydrogens (tertiary/aromatic N) is 5. The Kier molecular flexibility index (Phi) is 6.19. The van der Waals surface area contributed by atoms with Crippen LogP contribution in [0.4, 0.5) is 17.2 Å². The predicted molar refractivity (Wildman–Crippen MR) is 138 cm³/mol. The summed E-state index contributed by atoms with van der Waals surface area (Å²) < 4.78 is 0. The van der Waals surface area contributed by atoms with Gasteiger partial charge in [0, 0.05) is 50.0 Å². The van der Waals surface area contributed by atoms with Crippen LogP contribution in [0.3, 0.4) is 0 Å². The molecule has 34 heavy (non-hydrogen) atoms. The molecule has 6 nitrogen and oxygen atoms in total. The molecule has 1 fully saturated rings. The molecular formula is C28H26N6. The van der Waals surface area contributed by atoms with E-state index < -0.39 is 0 Å². The van der Waals surface area contributed by atoms with Crippen LogP contribution in [0.5, 0.6) is 0 Å². The number of nitrogen functional groups attached to an aromatic ring is 1. The molecule has 0 unspecified atom stereocenters. The van der Waals surface area contributed by atoms with Gasteiger partial charge in [-0.1, -0.05) is 60.7 Å². The summed E-state index contributed by atoms with van der Waals surface area (Å²) >= 11 is 0. The van der Waals surface area contributed by atoms with Gasteiger partial charge in [-0.2, -0.15) is 5.26 Å². The number of aromatic nitrogens is 1. The van der Waals surface area contributed by atoms with Crippen molar-refractivity contribution in [3.05, 3.63) is 95.6 Å². The minimum Gasteiger partial charge on any atom is -0.383 e. The van der Waals surface area contributed by atoms with Crippen molar-refractivity contribution in [2.45, 2.75) is 6.54 Å². The monoisotopic (exact) mass is 446 g/mol. The first-order chi connectivity index (χ1) is 16.7. The molecule has 0 spiro atoms. The second-order valence-corrected chi connectivity index (χ2v) is 8.45. The third kappa shape index (κ3) is 4.61. The van der Waals surface area contributed by atoms with Crippen molar-refractivity contribution in [3.63, 3.8) is 0 Å². The Hall–Kier alpha value is -4.21. The number of benzene rings is 3. The molecule has 2 heterocycles. The molecular weight excluding hydrogens is 420 g/mol. The van der Waals surface area contributed by atoms with Gasteiger partial charge in [-0.05, 0) is 29.3 Å². The number of aliphatic imine (C=N–C) groups is 1. The number of nitriles is 1. The van der Waals surface area contributed by atoms with Crippen LogP contribution >= 0.6 is 0 Å². The molecule has 0 atom stereocenters. The lowest BCUT2D eigenvalue weighted by Crippen LogP contribution is -2.45. The maximum atomic E-state index is 9.76. The van der Waals surface area contributed by atoms with Crippen molar-refractivity contribution in [1.29, 1.82) is 5.26 Å². The van der Waals surface area contributed by atoms with Gasteiger partial charge in [-0.3, -0.25) is 9.89 Å². The maximum Gasteiger partial charge on any atom is 0.144 e. The van der Waals surface area contributed by atoms with Gasteiger partial charge in [0.15, 0.2) is 0 Å². The van der Waals surface area contributed by atoms with E-state index in [-0.39, 0.29) is 5.82 Å². The number of anilines is 2. The third-order valence-electron chi connectivity index (χ3n) is 6.21. The van der Waals surface area contributed by atoms with Gasteiger partial charge in [-0.15, -0.1) is 0 Å². The summed E-state index contributed by atoms with van der Waals surface area (Å²) in [5.74, 6) is 0.206. The fourth-order valence-corrected chi connectivity index (χ4v) is 4.38. The lowest BCUT2D eigenvalue weighted by molar-refractivity contribution is 0.250. The molecule has 0 saturated carbocycles. The molecule has 0 radical (unpaired) electrons. The summed E-state index contributed by atoms with van der Waals surface area (Å²) in [6.07, 6.45) is 1.77. The number of nitrogens with two attached hydrogens (primary N) is 1. The molecule has 0 aliphatic carbocycles. The number of fused-ring (bicyclic) bond motifs is 1.